The third-order valence-corrected chi connectivity index (χ3v) is 6.84. The lowest BCUT2D eigenvalue weighted by Crippen LogP contribution is -2.28. The molecule has 4 aromatic carbocycles. The van der Waals surface area contributed by atoms with Crippen LogP contribution in [-0.4, -0.2) is 27.0 Å². The molecule has 5 rings (SSSR count). The summed E-state index contributed by atoms with van der Waals surface area (Å²) < 4.78 is 0. The standard InChI is InChI=1S/C31H26ClN3O3/c1-2-9-25(19-10-4-3-5-11-19)35-30(36)20-16-17-21(23(18-20)31(37)38)28-22(12-8-13-24(28)32)29-33-26-14-6-7-15-27(26)34-29/h3-8,10-18,25H,2,9H2,1H3,(H,33,34)(H,35,36)(H,37,38). The van der Waals surface area contributed by atoms with Crippen molar-refractivity contribution in [3.05, 3.63) is 113 Å². The Kier molecular flexibility index (Phi) is 7.24. The number of nitrogens with one attached hydrogen (secondary N) is 2. The van der Waals surface area contributed by atoms with Crippen molar-refractivity contribution in [2.45, 2.75) is 25.8 Å². The quantitative estimate of drug-likeness (QED) is 0.196. The molecule has 0 spiro atoms. The van der Waals surface area contributed by atoms with E-state index in [-0.39, 0.29) is 23.1 Å². The van der Waals surface area contributed by atoms with Crippen LogP contribution in [-0.2, 0) is 0 Å². The number of rotatable bonds is 8. The average molecular weight is 524 g/mol. The molecule has 5 aromatic rings. The Morgan fingerprint density at radius 3 is 2.45 bits per heavy atom. The number of para-hydroxylation sites is 2. The van der Waals surface area contributed by atoms with E-state index in [4.69, 9.17) is 11.6 Å². The minimum Gasteiger partial charge on any atom is -0.478 e. The number of carbonyl (C=O) groups excluding carboxylic acids is 1. The SMILES string of the molecule is CCCC(NC(=O)c1ccc(-c2c(Cl)cccc2-c2nc3ccccc3[nH]2)c(C(=O)O)c1)c1ccccc1. The third kappa shape index (κ3) is 5.04. The van der Waals surface area contributed by atoms with Gasteiger partial charge in [-0.1, -0.05) is 85.6 Å². The van der Waals surface area contributed by atoms with Gasteiger partial charge in [-0.25, -0.2) is 9.78 Å². The number of carbonyl (C=O) groups is 2. The van der Waals surface area contributed by atoms with Crippen LogP contribution in [0.3, 0.4) is 0 Å². The fourth-order valence-electron chi connectivity index (χ4n) is 4.69. The number of carboxylic acids is 1. The molecule has 1 unspecified atom stereocenters. The van der Waals surface area contributed by atoms with Crippen molar-refractivity contribution in [2.75, 3.05) is 0 Å². The van der Waals surface area contributed by atoms with Crippen LogP contribution in [0.5, 0.6) is 0 Å². The second-order valence-electron chi connectivity index (χ2n) is 9.06. The van der Waals surface area contributed by atoms with Gasteiger partial charge in [0.25, 0.3) is 5.91 Å². The zero-order valence-electron chi connectivity index (χ0n) is 20.7. The molecule has 0 saturated heterocycles. The first-order chi connectivity index (χ1) is 18.5. The number of fused-ring (bicyclic) bond motifs is 1. The maximum Gasteiger partial charge on any atom is 0.336 e. The Labute approximate surface area is 225 Å². The van der Waals surface area contributed by atoms with Crippen LogP contribution in [0.2, 0.25) is 5.02 Å². The number of aromatic amines is 1. The predicted molar refractivity (Wildman–Crippen MR) is 150 cm³/mol. The van der Waals surface area contributed by atoms with Gasteiger partial charge in [0, 0.05) is 21.7 Å². The van der Waals surface area contributed by atoms with E-state index in [0.717, 1.165) is 29.4 Å². The van der Waals surface area contributed by atoms with E-state index in [0.29, 0.717) is 27.5 Å². The zero-order chi connectivity index (χ0) is 26.6. The topological polar surface area (TPSA) is 95.1 Å². The van der Waals surface area contributed by atoms with Crippen molar-refractivity contribution in [1.82, 2.24) is 15.3 Å². The number of aromatic nitrogens is 2. The van der Waals surface area contributed by atoms with E-state index < -0.39 is 5.97 Å². The smallest absolute Gasteiger partial charge is 0.336 e. The molecule has 1 amide bonds. The number of benzene rings is 4. The molecule has 0 bridgehead atoms. The second-order valence-corrected chi connectivity index (χ2v) is 9.46. The van der Waals surface area contributed by atoms with Crippen molar-refractivity contribution < 1.29 is 14.7 Å². The number of carboxylic acid groups (broad SMARTS) is 1. The number of H-pyrrole nitrogens is 1. The van der Waals surface area contributed by atoms with E-state index >= 15 is 0 Å². The number of imidazole rings is 1. The Hall–Kier alpha value is -4.42. The molecular formula is C31H26ClN3O3. The highest BCUT2D eigenvalue weighted by atomic mass is 35.5. The average Bonchev–Trinajstić information content (AvgIpc) is 3.37. The predicted octanol–water partition coefficient (Wildman–Crippen LogP) is 7.52. The van der Waals surface area contributed by atoms with Crippen LogP contribution in [0.15, 0.2) is 91.0 Å². The highest BCUT2D eigenvalue weighted by Gasteiger charge is 2.22. The maximum absolute atomic E-state index is 13.2. The first kappa shape index (κ1) is 25.2. The summed E-state index contributed by atoms with van der Waals surface area (Å²) >= 11 is 6.65. The zero-order valence-corrected chi connectivity index (χ0v) is 21.5. The first-order valence-corrected chi connectivity index (χ1v) is 12.8. The minimum atomic E-state index is -1.15. The van der Waals surface area contributed by atoms with Gasteiger partial charge in [-0.15, -0.1) is 0 Å². The molecule has 1 heterocycles. The Morgan fingerprint density at radius 1 is 0.947 bits per heavy atom. The summed E-state index contributed by atoms with van der Waals surface area (Å²) in [5.41, 5.74) is 4.51. The lowest BCUT2D eigenvalue weighted by atomic mass is 9.93. The number of halogens is 1. The van der Waals surface area contributed by atoms with Gasteiger partial charge in [0.05, 0.1) is 22.6 Å². The molecule has 190 valence electrons. The molecule has 0 radical (unpaired) electrons. The van der Waals surface area contributed by atoms with Gasteiger partial charge in [0.15, 0.2) is 0 Å². The molecule has 6 nitrogen and oxygen atoms in total. The maximum atomic E-state index is 13.2. The van der Waals surface area contributed by atoms with Crippen LogP contribution in [0.4, 0.5) is 0 Å². The molecule has 7 heteroatoms. The molecule has 38 heavy (non-hydrogen) atoms. The number of hydrogen-bond donors (Lipinski definition) is 3. The largest absolute Gasteiger partial charge is 0.478 e. The van der Waals surface area contributed by atoms with E-state index in [1.54, 1.807) is 24.3 Å². The lowest BCUT2D eigenvalue weighted by molar-refractivity contribution is 0.0697. The van der Waals surface area contributed by atoms with Crippen LogP contribution in [0.1, 0.15) is 52.1 Å². The summed E-state index contributed by atoms with van der Waals surface area (Å²) in [4.78, 5) is 33.6. The van der Waals surface area contributed by atoms with Crippen LogP contribution < -0.4 is 5.32 Å². The van der Waals surface area contributed by atoms with E-state index in [1.165, 1.54) is 6.07 Å². The van der Waals surface area contributed by atoms with Crippen molar-refractivity contribution in [2.24, 2.45) is 0 Å². The third-order valence-electron chi connectivity index (χ3n) is 6.52. The monoisotopic (exact) mass is 523 g/mol. The molecule has 0 fully saturated rings. The van der Waals surface area contributed by atoms with Crippen LogP contribution in [0.25, 0.3) is 33.5 Å². The molecule has 1 atom stereocenters. The summed E-state index contributed by atoms with van der Waals surface area (Å²) in [6.07, 6.45) is 1.65. The molecular weight excluding hydrogens is 498 g/mol. The minimum absolute atomic E-state index is 0.0186. The van der Waals surface area contributed by atoms with Gasteiger partial charge in [0.2, 0.25) is 0 Å². The normalized spacial score (nSPS) is 11.8. The lowest BCUT2D eigenvalue weighted by Gasteiger charge is -2.19. The van der Waals surface area contributed by atoms with E-state index in [1.807, 2.05) is 60.7 Å². The van der Waals surface area contributed by atoms with Crippen LogP contribution in [0, 0.1) is 0 Å². The Balaban J connectivity index is 1.55. The van der Waals surface area contributed by atoms with E-state index in [2.05, 4.69) is 22.2 Å². The second kappa shape index (κ2) is 10.9. The molecule has 0 saturated carbocycles. The van der Waals surface area contributed by atoms with Gasteiger partial charge in [-0.05, 0) is 47.9 Å². The van der Waals surface area contributed by atoms with Crippen molar-refractivity contribution in [1.29, 1.82) is 0 Å². The van der Waals surface area contributed by atoms with Crippen molar-refractivity contribution in [3.8, 4) is 22.5 Å². The van der Waals surface area contributed by atoms with Gasteiger partial charge < -0.3 is 15.4 Å². The summed E-state index contributed by atoms with van der Waals surface area (Å²) in [6.45, 7) is 2.06. The molecule has 0 aliphatic heterocycles. The van der Waals surface area contributed by atoms with Gasteiger partial charge >= 0.3 is 5.97 Å². The number of amides is 1. The number of nitrogens with zero attached hydrogens (tertiary/aromatic N) is 1. The molecule has 0 aliphatic carbocycles. The summed E-state index contributed by atoms with van der Waals surface area (Å²) in [5, 5.41) is 13.6. The Morgan fingerprint density at radius 2 is 1.71 bits per heavy atom. The molecule has 3 N–H and O–H groups in total. The number of hydrogen-bond acceptors (Lipinski definition) is 3. The Bertz CT molecular complexity index is 1600. The summed E-state index contributed by atoms with van der Waals surface area (Å²) in [5.74, 6) is -0.913. The van der Waals surface area contributed by atoms with Gasteiger partial charge in [-0.3, -0.25) is 4.79 Å². The fraction of sp³-hybridized carbons (Fsp3) is 0.129. The fourth-order valence-corrected chi connectivity index (χ4v) is 4.97. The highest BCUT2D eigenvalue weighted by molar-refractivity contribution is 6.34. The molecule has 0 aliphatic rings. The van der Waals surface area contributed by atoms with Crippen molar-refractivity contribution >= 4 is 34.5 Å². The summed E-state index contributed by atoms with van der Waals surface area (Å²) in [6, 6.07) is 27.3. The van der Waals surface area contributed by atoms with Gasteiger partial charge in [-0.2, -0.15) is 0 Å². The summed E-state index contributed by atoms with van der Waals surface area (Å²) in [7, 11) is 0. The van der Waals surface area contributed by atoms with Gasteiger partial charge in [0.1, 0.15) is 5.82 Å². The van der Waals surface area contributed by atoms with E-state index in [9.17, 15) is 14.7 Å². The van der Waals surface area contributed by atoms with Crippen LogP contribution >= 0.6 is 11.6 Å². The van der Waals surface area contributed by atoms with Crippen molar-refractivity contribution in [3.63, 3.8) is 0 Å². The highest BCUT2D eigenvalue weighted by Crippen LogP contribution is 2.39. The first-order valence-electron chi connectivity index (χ1n) is 12.4. The molecule has 1 aromatic heterocycles. The number of aromatic carboxylic acids is 1.